The molecule has 2 rings (SSSR count). The maximum absolute atomic E-state index is 10.6. The largest absolute Gasteiger partial charge is 0.481 e. The third-order valence-corrected chi connectivity index (χ3v) is 4.15. The number of nitrogens with zero attached hydrogens (tertiary/aromatic N) is 3. The average molecular weight is 354 g/mol. The summed E-state index contributed by atoms with van der Waals surface area (Å²) in [5.41, 5.74) is 6.16. The number of nitrogen functional groups attached to an aromatic ring is 1. The third-order valence-electron chi connectivity index (χ3n) is 2.21. The second kappa shape index (κ2) is 6.09. The van der Waals surface area contributed by atoms with Crippen molar-refractivity contribution in [3.8, 4) is 5.69 Å². The van der Waals surface area contributed by atoms with Crippen molar-refractivity contribution in [2.75, 3.05) is 11.5 Å². The van der Waals surface area contributed by atoms with Gasteiger partial charge in [-0.25, -0.2) is 0 Å². The number of carboxylic acid groups (broad SMARTS) is 1. The van der Waals surface area contributed by atoms with Gasteiger partial charge in [0.15, 0.2) is 5.16 Å². The number of aliphatic carboxylic acids is 1. The molecule has 0 saturated heterocycles. The Morgan fingerprint density at radius 2 is 1.90 bits per heavy atom. The number of anilines is 1. The minimum absolute atomic E-state index is 0.0678. The standard InChI is InChI=1S/C10H7Cl3N4O2S/c11-4-1-6(13)7(2-5(4)12)17-9(14)15-16-10(17)20-3-8(18)19/h1-2H,3H2,(H2,14,15)(H,18,19). The first-order valence-electron chi connectivity index (χ1n) is 5.10. The van der Waals surface area contributed by atoms with Gasteiger partial charge in [0.05, 0.1) is 26.5 Å². The molecule has 0 bridgehead atoms. The molecule has 0 atom stereocenters. The number of halogens is 3. The van der Waals surface area contributed by atoms with E-state index in [4.69, 9.17) is 45.6 Å². The van der Waals surface area contributed by atoms with Crippen LogP contribution in [-0.2, 0) is 4.79 Å². The summed E-state index contributed by atoms with van der Waals surface area (Å²) in [6.45, 7) is 0. The highest BCUT2D eigenvalue weighted by atomic mass is 35.5. The predicted molar refractivity (Wildman–Crippen MR) is 79.2 cm³/mol. The summed E-state index contributed by atoms with van der Waals surface area (Å²) in [6.07, 6.45) is 0. The Labute approximate surface area is 132 Å². The maximum Gasteiger partial charge on any atom is 0.313 e. The Bertz CT molecular complexity index is 677. The van der Waals surface area contributed by atoms with Crippen molar-refractivity contribution in [2.45, 2.75) is 5.16 Å². The number of carbonyl (C=O) groups is 1. The lowest BCUT2D eigenvalue weighted by Crippen LogP contribution is -2.05. The highest BCUT2D eigenvalue weighted by Gasteiger charge is 2.17. The molecular weight excluding hydrogens is 347 g/mol. The van der Waals surface area contributed by atoms with Gasteiger partial charge in [0.25, 0.3) is 0 Å². The van der Waals surface area contributed by atoms with Crippen molar-refractivity contribution < 1.29 is 9.90 Å². The minimum atomic E-state index is -0.983. The fourth-order valence-electron chi connectivity index (χ4n) is 1.41. The van der Waals surface area contributed by atoms with Gasteiger partial charge in [-0.05, 0) is 12.1 Å². The molecule has 3 N–H and O–H groups in total. The second-order valence-corrected chi connectivity index (χ2v) is 5.74. The Morgan fingerprint density at radius 3 is 2.55 bits per heavy atom. The smallest absolute Gasteiger partial charge is 0.313 e. The zero-order chi connectivity index (χ0) is 14.9. The molecule has 0 unspecified atom stereocenters. The molecule has 20 heavy (non-hydrogen) atoms. The molecule has 1 aromatic heterocycles. The lowest BCUT2D eigenvalue weighted by molar-refractivity contribution is -0.133. The highest BCUT2D eigenvalue weighted by molar-refractivity contribution is 7.99. The number of hydrogen-bond donors (Lipinski definition) is 2. The number of thioether (sulfide) groups is 1. The molecule has 0 saturated carbocycles. The minimum Gasteiger partial charge on any atom is -0.481 e. The van der Waals surface area contributed by atoms with Gasteiger partial charge in [-0.15, -0.1) is 10.2 Å². The molecule has 10 heteroatoms. The van der Waals surface area contributed by atoms with E-state index in [0.717, 1.165) is 11.8 Å². The van der Waals surface area contributed by atoms with Crippen molar-refractivity contribution in [3.05, 3.63) is 27.2 Å². The Hall–Kier alpha value is -1.15. The number of benzene rings is 1. The lowest BCUT2D eigenvalue weighted by Gasteiger charge is -2.10. The highest BCUT2D eigenvalue weighted by Crippen LogP contribution is 2.34. The van der Waals surface area contributed by atoms with Crippen molar-refractivity contribution in [2.24, 2.45) is 0 Å². The van der Waals surface area contributed by atoms with E-state index in [1.807, 2.05) is 0 Å². The van der Waals surface area contributed by atoms with Crippen LogP contribution in [-0.4, -0.2) is 31.6 Å². The first-order chi connectivity index (χ1) is 9.40. The zero-order valence-electron chi connectivity index (χ0n) is 9.68. The molecule has 0 fully saturated rings. The van der Waals surface area contributed by atoms with Crippen LogP contribution in [0.2, 0.25) is 15.1 Å². The van der Waals surface area contributed by atoms with Gasteiger partial charge in [0.2, 0.25) is 5.95 Å². The number of aromatic nitrogens is 3. The summed E-state index contributed by atoms with van der Waals surface area (Å²) in [4.78, 5) is 10.6. The van der Waals surface area contributed by atoms with Crippen molar-refractivity contribution in [1.82, 2.24) is 14.8 Å². The third kappa shape index (κ3) is 3.12. The lowest BCUT2D eigenvalue weighted by atomic mass is 10.3. The van der Waals surface area contributed by atoms with Crippen LogP contribution in [0.5, 0.6) is 0 Å². The molecule has 0 aliphatic heterocycles. The van der Waals surface area contributed by atoms with Crippen LogP contribution >= 0.6 is 46.6 Å². The second-order valence-electron chi connectivity index (χ2n) is 3.58. The van der Waals surface area contributed by atoms with E-state index in [9.17, 15) is 4.79 Å². The SMILES string of the molecule is Nc1nnc(SCC(=O)O)n1-c1cc(Cl)c(Cl)cc1Cl. The summed E-state index contributed by atoms with van der Waals surface area (Å²) in [7, 11) is 0. The van der Waals surface area contributed by atoms with E-state index in [1.165, 1.54) is 16.7 Å². The van der Waals surface area contributed by atoms with Crippen LogP contribution < -0.4 is 5.73 Å². The van der Waals surface area contributed by atoms with Gasteiger partial charge in [-0.3, -0.25) is 9.36 Å². The topological polar surface area (TPSA) is 94.0 Å². The molecule has 0 spiro atoms. The summed E-state index contributed by atoms with van der Waals surface area (Å²) in [5.74, 6) is -1.10. The van der Waals surface area contributed by atoms with Gasteiger partial charge >= 0.3 is 5.97 Å². The quantitative estimate of drug-likeness (QED) is 0.648. The van der Waals surface area contributed by atoms with Crippen molar-refractivity contribution in [1.29, 1.82) is 0 Å². The van der Waals surface area contributed by atoms with Crippen LogP contribution in [0.1, 0.15) is 0 Å². The van der Waals surface area contributed by atoms with Gasteiger partial charge in [-0.1, -0.05) is 46.6 Å². The van der Waals surface area contributed by atoms with Gasteiger partial charge in [-0.2, -0.15) is 0 Å². The average Bonchev–Trinajstić information content (AvgIpc) is 2.73. The summed E-state index contributed by atoms with van der Waals surface area (Å²) in [5, 5.41) is 17.4. The van der Waals surface area contributed by atoms with E-state index in [-0.39, 0.29) is 16.7 Å². The molecular formula is C10H7Cl3N4O2S. The Kier molecular flexibility index (Phi) is 4.64. The van der Waals surface area contributed by atoms with Crippen LogP contribution in [0.25, 0.3) is 5.69 Å². The van der Waals surface area contributed by atoms with Gasteiger partial charge in [0, 0.05) is 0 Å². The zero-order valence-corrected chi connectivity index (χ0v) is 12.8. The van der Waals surface area contributed by atoms with Gasteiger partial charge < -0.3 is 10.8 Å². The summed E-state index contributed by atoms with van der Waals surface area (Å²) >= 11 is 18.9. The molecule has 0 amide bonds. The number of nitrogens with two attached hydrogens (primary N) is 1. The van der Waals surface area contributed by atoms with Crippen LogP contribution in [0.3, 0.4) is 0 Å². The Morgan fingerprint density at radius 1 is 1.25 bits per heavy atom. The van der Waals surface area contributed by atoms with Crippen molar-refractivity contribution >= 4 is 58.5 Å². The molecule has 0 aliphatic carbocycles. The van der Waals surface area contributed by atoms with E-state index >= 15 is 0 Å². The predicted octanol–water partition coefficient (Wildman–Crippen LogP) is 2.99. The maximum atomic E-state index is 10.6. The molecule has 2 aromatic rings. The normalized spacial score (nSPS) is 10.8. The molecule has 1 aromatic carbocycles. The van der Waals surface area contributed by atoms with E-state index in [0.29, 0.717) is 20.9 Å². The van der Waals surface area contributed by atoms with Crippen LogP contribution in [0.4, 0.5) is 5.95 Å². The van der Waals surface area contributed by atoms with Crippen LogP contribution in [0.15, 0.2) is 17.3 Å². The fraction of sp³-hybridized carbons (Fsp3) is 0.100. The van der Waals surface area contributed by atoms with E-state index in [2.05, 4.69) is 10.2 Å². The van der Waals surface area contributed by atoms with Crippen LogP contribution in [0, 0.1) is 0 Å². The summed E-state index contributed by atoms with van der Waals surface area (Å²) < 4.78 is 1.41. The van der Waals surface area contributed by atoms with E-state index in [1.54, 1.807) is 0 Å². The molecule has 106 valence electrons. The first kappa shape index (κ1) is 15.2. The van der Waals surface area contributed by atoms with Gasteiger partial charge in [0.1, 0.15) is 0 Å². The molecule has 1 heterocycles. The molecule has 0 aliphatic rings. The Balaban J connectivity index is 2.49. The number of carboxylic acids is 1. The van der Waals surface area contributed by atoms with E-state index < -0.39 is 5.97 Å². The molecule has 6 nitrogen and oxygen atoms in total. The monoisotopic (exact) mass is 352 g/mol. The van der Waals surface area contributed by atoms with Crippen molar-refractivity contribution in [3.63, 3.8) is 0 Å². The summed E-state index contributed by atoms with van der Waals surface area (Å²) in [6, 6.07) is 2.97. The first-order valence-corrected chi connectivity index (χ1v) is 7.22. The number of rotatable bonds is 4. The number of hydrogen-bond acceptors (Lipinski definition) is 5. The fourth-order valence-corrected chi connectivity index (χ4v) is 2.71. The molecule has 0 radical (unpaired) electrons.